The summed E-state index contributed by atoms with van der Waals surface area (Å²) in [7, 11) is 0. The fourth-order valence-electron chi connectivity index (χ4n) is 1.39. The van der Waals surface area contributed by atoms with Crippen LogP contribution in [0, 0.1) is 0 Å². The standard InChI is InChI=1S/C11H17ClN2OS/c1-3-4-8(13)11(15)14-7(2)9-5-6-10(12)16-9/h5-8H,3-4,13H2,1-2H3,(H,14,15)/t7?,8-/m1/s1. The van der Waals surface area contributed by atoms with Crippen molar-refractivity contribution in [2.45, 2.75) is 38.8 Å². The lowest BCUT2D eigenvalue weighted by Crippen LogP contribution is -2.41. The van der Waals surface area contributed by atoms with Crippen LogP contribution < -0.4 is 11.1 Å². The van der Waals surface area contributed by atoms with Crippen LogP contribution in [0.15, 0.2) is 12.1 Å². The number of hydrogen-bond donors (Lipinski definition) is 2. The van der Waals surface area contributed by atoms with Gasteiger partial charge >= 0.3 is 0 Å². The predicted molar refractivity (Wildman–Crippen MR) is 68.8 cm³/mol. The van der Waals surface area contributed by atoms with E-state index >= 15 is 0 Å². The van der Waals surface area contributed by atoms with Crippen LogP contribution in [0.2, 0.25) is 4.34 Å². The molecule has 0 aliphatic heterocycles. The zero-order chi connectivity index (χ0) is 12.1. The average Bonchev–Trinajstić information content (AvgIpc) is 2.65. The van der Waals surface area contributed by atoms with E-state index in [1.165, 1.54) is 11.3 Å². The third kappa shape index (κ3) is 3.77. The van der Waals surface area contributed by atoms with Crippen LogP contribution in [0.3, 0.4) is 0 Å². The van der Waals surface area contributed by atoms with Crippen molar-refractivity contribution in [1.29, 1.82) is 0 Å². The molecule has 3 nitrogen and oxygen atoms in total. The van der Waals surface area contributed by atoms with E-state index in [-0.39, 0.29) is 11.9 Å². The first kappa shape index (κ1) is 13.5. The monoisotopic (exact) mass is 260 g/mol. The van der Waals surface area contributed by atoms with Crippen LogP contribution in [0.25, 0.3) is 0 Å². The molecule has 0 aromatic carbocycles. The van der Waals surface area contributed by atoms with E-state index in [4.69, 9.17) is 17.3 Å². The molecule has 1 aromatic heterocycles. The van der Waals surface area contributed by atoms with Gasteiger partial charge in [-0.1, -0.05) is 24.9 Å². The molecule has 90 valence electrons. The van der Waals surface area contributed by atoms with Gasteiger partial charge in [0.25, 0.3) is 0 Å². The normalized spacial score (nSPS) is 14.5. The minimum Gasteiger partial charge on any atom is -0.347 e. The van der Waals surface area contributed by atoms with E-state index in [9.17, 15) is 4.79 Å². The van der Waals surface area contributed by atoms with Crippen LogP contribution in [-0.4, -0.2) is 11.9 Å². The van der Waals surface area contributed by atoms with Gasteiger partial charge < -0.3 is 11.1 Å². The van der Waals surface area contributed by atoms with Gasteiger partial charge in [0.15, 0.2) is 0 Å². The van der Waals surface area contributed by atoms with Crippen LogP contribution >= 0.6 is 22.9 Å². The Balaban J connectivity index is 2.51. The van der Waals surface area contributed by atoms with E-state index in [2.05, 4.69) is 5.32 Å². The Morgan fingerprint density at radius 2 is 2.31 bits per heavy atom. The van der Waals surface area contributed by atoms with Gasteiger partial charge in [-0.05, 0) is 25.5 Å². The Kier molecular flexibility index (Phi) is 5.25. The molecule has 3 N–H and O–H groups in total. The van der Waals surface area contributed by atoms with E-state index in [0.717, 1.165) is 15.6 Å². The number of hydrogen-bond acceptors (Lipinski definition) is 3. The summed E-state index contributed by atoms with van der Waals surface area (Å²) in [6.07, 6.45) is 1.62. The molecule has 1 amide bonds. The number of nitrogens with two attached hydrogens (primary N) is 1. The van der Waals surface area contributed by atoms with Crippen molar-refractivity contribution in [3.63, 3.8) is 0 Å². The molecule has 0 fully saturated rings. The van der Waals surface area contributed by atoms with Crippen molar-refractivity contribution >= 4 is 28.8 Å². The maximum absolute atomic E-state index is 11.7. The summed E-state index contributed by atoms with van der Waals surface area (Å²) in [5, 5.41) is 2.88. The largest absolute Gasteiger partial charge is 0.347 e. The van der Waals surface area contributed by atoms with Crippen molar-refractivity contribution < 1.29 is 4.79 Å². The molecule has 0 aliphatic rings. The van der Waals surface area contributed by atoms with E-state index in [1.54, 1.807) is 0 Å². The van der Waals surface area contributed by atoms with Gasteiger partial charge in [0, 0.05) is 4.88 Å². The molecule has 16 heavy (non-hydrogen) atoms. The van der Waals surface area contributed by atoms with E-state index in [1.807, 2.05) is 26.0 Å². The molecule has 0 spiro atoms. The minimum absolute atomic E-state index is 0.0343. The van der Waals surface area contributed by atoms with Gasteiger partial charge in [-0.15, -0.1) is 11.3 Å². The van der Waals surface area contributed by atoms with Gasteiger partial charge in [0.05, 0.1) is 16.4 Å². The molecule has 1 heterocycles. The highest BCUT2D eigenvalue weighted by atomic mass is 35.5. The Morgan fingerprint density at radius 3 is 2.81 bits per heavy atom. The molecule has 2 atom stereocenters. The molecule has 0 saturated heterocycles. The molecule has 1 unspecified atom stereocenters. The number of thiophene rings is 1. The summed E-state index contributed by atoms with van der Waals surface area (Å²) in [4.78, 5) is 12.7. The third-order valence-electron chi connectivity index (χ3n) is 2.32. The lowest BCUT2D eigenvalue weighted by Gasteiger charge is -2.15. The van der Waals surface area contributed by atoms with Gasteiger partial charge in [-0.2, -0.15) is 0 Å². The van der Waals surface area contributed by atoms with Gasteiger partial charge in [-0.25, -0.2) is 0 Å². The molecule has 1 rings (SSSR count). The third-order valence-corrected chi connectivity index (χ3v) is 3.73. The second-order valence-electron chi connectivity index (χ2n) is 3.77. The zero-order valence-corrected chi connectivity index (χ0v) is 11.1. The summed E-state index contributed by atoms with van der Waals surface area (Å²) in [5.41, 5.74) is 5.72. The van der Waals surface area contributed by atoms with Gasteiger partial charge in [-0.3, -0.25) is 4.79 Å². The van der Waals surface area contributed by atoms with E-state index in [0.29, 0.717) is 6.42 Å². The van der Waals surface area contributed by atoms with Crippen LogP contribution in [0.4, 0.5) is 0 Å². The first-order valence-corrected chi connectivity index (χ1v) is 6.55. The van der Waals surface area contributed by atoms with Crippen LogP contribution in [0.5, 0.6) is 0 Å². The summed E-state index contributed by atoms with van der Waals surface area (Å²) >= 11 is 7.31. The fourth-order valence-corrected chi connectivity index (χ4v) is 2.46. The number of nitrogens with one attached hydrogen (secondary N) is 1. The molecule has 0 saturated carbocycles. The number of rotatable bonds is 5. The zero-order valence-electron chi connectivity index (χ0n) is 9.50. The molecule has 5 heteroatoms. The quantitative estimate of drug-likeness (QED) is 0.855. The lowest BCUT2D eigenvalue weighted by atomic mass is 10.1. The number of carbonyl (C=O) groups is 1. The summed E-state index contributed by atoms with van der Waals surface area (Å²) in [6.45, 7) is 3.94. The first-order chi connectivity index (χ1) is 7.54. The van der Waals surface area contributed by atoms with Crippen molar-refractivity contribution in [1.82, 2.24) is 5.32 Å². The van der Waals surface area contributed by atoms with Crippen molar-refractivity contribution in [3.8, 4) is 0 Å². The van der Waals surface area contributed by atoms with Gasteiger partial charge in [0.2, 0.25) is 5.91 Å². The Morgan fingerprint density at radius 1 is 1.62 bits per heavy atom. The lowest BCUT2D eigenvalue weighted by molar-refractivity contribution is -0.123. The highest BCUT2D eigenvalue weighted by Gasteiger charge is 2.16. The molecular weight excluding hydrogens is 244 g/mol. The summed E-state index contributed by atoms with van der Waals surface area (Å²) in [5.74, 6) is -0.0983. The second-order valence-corrected chi connectivity index (χ2v) is 5.51. The summed E-state index contributed by atoms with van der Waals surface area (Å²) < 4.78 is 0.731. The SMILES string of the molecule is CCC[C@@H](N)C(=O)NC(C)c1ccc(Cl)s1. The van der Waals surface area contributed by atoms with E-state index < -0.39 is 6.04 Å². The maximum atomic E-state index is 11.7. The van der Waals surface area contributed by atoms with Crippen molar-refractivity contribution in [3.05, 3.63) is 21.3 Å². The van der Waals surface area contributed by atoms with Crippen molar-refractivity contribution in [2.24, 2.45) is 5.73 Å². The Hall–Kier alpha value is -0.580. The first-order valence-electron chi connectivity index (χ1n) is 5.35. The topological polar surface area (TPSA) is 55.1 Å². The molecule has 1 aromatic rings. The van der Waals surface area contributed by atoms with Gasteiger partial charge in [0.1, 0.15) is 0 Å². The van der Waals surface area contributed by atoms with Crippen LogP contribution in [-0.2, 0) is 4.79 Å². The second kappa shape index (κ2) is 6.23. The van der Waals surface area contributed by atoms with Crippen molar-refractivity contribution in [2.75, 3.05) is 0 Å². The number of amides is 1. The Labute approximate surface area is 105 Å². The fraction of sp³-hybridized carbons (Fsp3) is 0.545. The van der Waals surface area contributed by atoms with Crippen LogP contribution in [0.1, 0.15) is 37.6 Å². The highest BCUT2D eigenvalue weighted by molar-refractivity contribution is 7.16. The molecule has 0 aliphatic carbocycles. The molecule has 0 bridgehead atoms. The minimum atomic E-state index is -0.414. The smallest absolute Gasteiger partial charge is 0.237 e. The predicted octanol–water partition coefficient (Wildman–Crippen LogP) is 2.71. The molecule has 0 radical (unpaired) electrons. The number of halogens is 1. The average molecular weight is 261 g/mol. The number of carbonyl (C=O) groups excluding carboxylic acids is 1. The maximum Gasteiger partial charge on any atom is 0.237 e. The highest BCUT2D eigenvalue weighted by Crippen LogP contribution is 2.26. The Bertz CT molecular complexity index is 354. The molecular formula is C11H17ClN2OS. The summed E-state index contributed by atoms with van der Waals surface area (Å²) in [6, 6.07) is 3.30.